The number of hydrogen-bond acceptors (Lipinski definition) is 5. The van der Waals surface area contributed by atoms with Crippen molar-refractivity contribution in [3.8, 4) is 0 Å². The second-order valence-corrected chi connectivity index (χ2v) is 7.36. The lowest BCUT2D eigenvalue weighted by atomic mass is 9.97. The molecular weight excluding hydrogens is 308 g/mol. The van der Waals surface area contributed by atoms with Gasteiger partial charge in [-0.3, -0.25) is 4.79 Å². The number of rotatable bonds is 4. The van der Waals surface area contributed by atoms with Gasteiger partial charge in [-0.05, 0) is 39.0 Å². The van der Waals surface area contributed by atoms with E-state index in [9.17, 15) is 4.79 Å². The van der Waals surface area contributed by atoms with Gasteiger partial charge >= 0.3 is 5.97 Å². The van der Waals surface area contributed by atoms with E-state index in [0.29, 0.717) is 18.2 Å². The number of carbonyl (C=O) groups is 1. The number of thiazole rings is 1. The molecule has 1 heterocycles. The largest absolute Gasteiger partial charge is 0.463 e. The quantitative estimate of drug-likeness (QED) is 0.797. The van der Waals surface area contributed by atoms with E-state index in [-0.39, 0.29) is 5.97 Å². The van der Waals surface area contributed by atoms with Crippen LogP contribution in [0.15, 0.2) is 18.2 Å². The van der Waals surface area contributed by atoms with E-state index >= 15 is 0 Å². The first-order valence-electron chi connectivity index (χ1n) is 6.72. The van der Waals surface area contributed by atoms with Crippen molar-refractivity contribution < 1.29 is 9.53 Å². The summed E-state index contributed by atoms with van der Waals surface area (Å²) in [7, 11) is 1.93. The lowest BCUT2D eigenvalue weighted by Crippen LogP contribution is -2.28. The molecule has 0 saturated heterocycles. The number of benzene rings is 1. The van der Waals surface area contributed by atoms with E-state index < -0.39 is 5.41 Å². The number of nitrogens with zero attached hydrogens (tertiary/aromatic N) is 2. The van der Waals surface area contributed by atoms with Gasteiger partial charge in [-0.15, -0.1) is 0 Å². The zero-order valence-electron chi connectivity index (χ0n) is 12.6. The number of aromatic nitrogens is 1. The van der Waals surface area contributed by atoms with E-state index in [2.05, 4.69) is 4.98 Å². The minimum Gasteiger partial charge on any atom is -0.463 e. The first-order chi connectivity index (χ1) is 9.77. The van der Waals surface area contributed by atoms with Crippen LogP contribution < -0.4 is 4.90 Å². The minimum atomic E-state index is -0.467. The average molecular weight is 327 g/mol. The van der Waals surface area contributed by atoms with Crippen LogP contribution in [0.2, 0.25) is 5.02 Å². The summed E-state index contributed by atoms with van der Waals surface area (Å²) in [6, 6.07) is 5.67. The van der Waals surface area contributed by atoms with Crippen molar-refractivity contribution in [3.05, 3.63) is 23.2 Å². The molecule has 0 radical (unpaired) electrons. The number of halogens is 1. The van der Waals surface area contributed by atoms with Crippen molar-refractivity contribution in [2.75, 3.05) is 25.1 Å². The van der Waals surface area contributed by atoms with Gasteiger partial charge in [-0.1, -0.05) is 22.9 Å². The highest BCUT2D eigenvalue weighted by molar-refractivity contribution is 7.22. The molecule has 0 unspecified atom stereocenters. The molecular formula is C15H19ClN2O2S. The number of anilines is 1. The second kappa shape index (κ2) is 6.20. The zero-order valence-corrected chi connectivity index (χ0v) is 14.2. The van der Waals surface area contributed by atoms with Gasteiger partial charge in [-0.25, -0.2) is 4.98 Å². The maximum absolute atomic E-state index is 11.7. The Labute approximate surface area is 133 Å². The summed E-state index contributed by atoms with van der Waals surface area (Å²) in [4.78, 5) is 18.2. The van der Waals surface area contributed by atoms with Crippen LogP contribution in [-0.2, 0) is 9.53 Å². The van der Waals surface area contributed by atoms with Crippen LogP contribution in [0, 0.1) is 5.41 Å². The number of likely N-dealkylation sites (N-methyl/N-ethyl adjacent to an activating group) is 1. The Morgan fingerprint density at radius 1 is 1.43 bits per heavy atom. The van der Waals surface area contributed by atoms with Crippen molar-refractivity contribution in [2.24, 2.45) is 5.41 Å². The topological polar surface area (TPSA) is 42.4 Å². The van der Waals surface area contributed by atoms with Gasteiger partial charge in [0.2, 0.25) is 0 Å². The molecule has 2 rings (SSSR count). The van der Waals surface area contributed by atoms with Crippen molar-refractivity contribution in [1.82, 2.24) is 4.98 Å². The number of ether oxygens (including phenoxy) is 1. The predicted molar refractivity (Wildman–Crippen MR) is 88.3 cm³/mol. The van der Waals surface area contributed by atoms with Gasteiger partial charge in [-0.2, -0.15) is 0 Å². The maximum atomic E-state index is 11.7. The molecule has 4 nitrogen and oxygen atoms in total. The summed E-state index contributed by atoms with van der Waals surface area (Å²) < 4.78 is 6.36. The molecule has 0 aliphatic rings. The summed E-state index contributed by atoms with van der Waals surface area (Å²) in [5.41, 5.74) is 0.423. The molecule has 21 heavy (non-hydrogen) atoms. The molecule has 2 aromatic rings. The van der Waals surface area contributed by atoms with E-state index in [1.807, 2.05) is 50.9 Å². The molecule has 0 bridgehead atoms. The Hall–Kier alpha value is -1.33. The maximum Gasteiger partial charge on any atom is 0.311 e. The van der Waals surface area contributed by atoms with Gasteiger partial charge in [0.05, 0.1) is 22.2 Å². The van der Waals surface area contributed by atoms with Crippen LogP contribution in [-0.4, -0.2) is 31.2 Å². The lowest BCUT2D eigenvalue weighted by Gasteiger charge is -2.19. The molecule has 0 amide bonds. The van der Waals surface area contributed by atoms with Gasteiger partial charge < -0.3 is 9.64 Å². The molecule has 0 spiro atoms. The highest BCUT2D eigenvalue weighted by atomic mass is 35.5. The van der Waals surface area contributed by atoms with E-state index in [4.69, 9.17) is 16.3 Å². The van der Waals surface area contributed by atoms with Crippen LogP contribution in [0.4, 0.5) is 5.13 Å². The Morgan fingerprint density at radius 2 is 2.14 bits per heavy atom. The zero-order chi connectivity index (χ0) is 15.6. The monoisotopic (exact) mass is 326 g/mol. The van der Waals surface area contributed by atoms with Gasteiger partial charge in [0.15, 0.2) is 5.13 Å². The lowest BCUT2D eigenvalue weighted by molar-refractivity contribution is -0.152. The third-order valence-corrected chi connectivity index (χ3v) is 4.32. The van der Waals surface area contributed by atoms with Gasteiger partial charge in [0, 0.05) is 12.1 Å². The van der Waals surface area contributed by atoms with Crippen LogP contribution in [0.1, 0.15) is 20.8 Å². The fraction of sp³-hybridized carbons (Fsp3) is 0.467. The number of carbonyl (C=O) groups excluding carboxylic acids is 1. The number of fused-ring (bicyclic) bond motifs is 1. The number of esters is 1. The first kappa shape index (κ1) is 16.0. The third kappa shape index (κ3) is 4.08. The second-order valence-electron chi connectivity index (χ2n) is 5.92. The summed E-state index contributed by atoms with van der Waals surface area (Å²) in [6.45, 7) is 6.49. The van der Waals surface area contributed by atoms with Crippen molar-refractivity contribution in [2.45, 2.75) is 20.8 Å². The standard InChI is InChI=1S/C15H19ClN2O2S/c1-15(2,3)13(19)20-8-7-18(4)14-17-11-9-10(16)5-6-12(11)21-14/h5-6,9H,7-8H2,1-4H3. The van der Waals surface area contributed by atoms with Crippen LogP contribution >= 0.6 is 22.9 Å². The summed E-state index contributed by atoms with van der Waals surface area (Å²) in [5, 5.41) is 1.57. The van der Waals surface area contributed by atoms with E-state index in [1.54, 1.807) is 11.3 Å². The normalized spacial score (nSPS) is 11.7. The van der Waals surface area contributed by atoms with Crippen LogP contribution in [0.5, 0.6) is 0 Å². The summed E-state index contributed by atoms with van der Waals surface area (Å²) in [6.07, 6.45) is 0. The fourth-order valence-corrected chi connectivity index (χ4v) is 2.74. The molecule has 1 aromatic carbocycles. The third-order valence-electron chi connectivity index (χ3n) is 2.94. The summed E-state index contributed by atoms with van der Waals surface area (Å²) in [5.74, 6) is -0.188. The van der Waals surface area contributed by atoms with E-state index in [0.717, 1.165) is 15.3 Å². The molecule has 0 N–H and O–H groups in total. The Kier molecular flexibility index (Phi) is 4.74. The highest BCUT2D eigenvalue weighted by Crippen LogP contribution is 2.29. The first-order valence-corrected chi connectivity index (χ1v) is 7.91. The molecule has 0 atom stereocenters. The van der Waals surface area contributed by atoms with Crippen molar-refractivity contribution in [1.29, 1.82) is 0 Å². The van der Waals surface area contributed by atoms with E-state index in [1.165, 1.54) is 0 Å². The smallest absolute Gasteiger partial charge is 0.311 e. The Balaban J connectivity index is 1.96. The fourth-order valence-electron chi connectivity index (χ4n) is 1.64. The molecule has 0 aliphatic carbocycles. The summed E-state index contributed by atoms with van der Waals surface area (Å²) >= 11 is 7.56. The van der Waals surface area contributed by atoms with Crippen molar-refractivity contribution in [3.63, 3.8) is 0 Å². The Bertz CT molecular complexity index is 649. The SMILES string of the molecule is CN(CCOC(=O)C(C)(C)C)c1nc2cc(Cl)ccc2s1. The van der Waals surface area contributed by atoms with Crippen LogP contribution in [0.25, 0.3) is 10.2 Å². The minimum absolute atomic E-state index is 0.188. The molecule has 6 heteroatoms. The number of hydrogen-bond donors (Lipinski definition) is 0. The molecule has 0 fully saturated rings. The average Bonchev–Trinajstić information content (AvgIpc) is 2.80. The van der Waals surface area contributed by atoms with Gasteiger partial charge in [0.1, 0.15) is 6.61 Å². The molecule has 0 aliphatic heterocycles. The molecule has 114 valence electrons. The molecule has 0 saturated carbocycles. The highest BCUT2D eigenvalue weighted by Gasteiger charge is 2.23. The van der Waals surface area contributed by atoms with Crippen molar-refractivity contribution >= 4 is 44.3 Å². The van der Waals surface area contributed by atoms with Gasteiger partial charge in [0.25, 0.3) is 0 Å². The Morgan fingerprint density at radius 3 is 2.81 bits per heavy atom. The molecule has 1 aromatic heterocycles. The van der Waals surface area contributed by atoms with Crippen LogP contribution in [0.3, 0.4) is 0 Å². The predicted octanol–water partition coefficient (Wildman–Crippen LogP) is 3.98.